The van der Waals surface area contributed by atoms with E-state index in [2.05, 4.69) is 20.9 Å². The van der Waals surface area contributed by atoms with Crippen molar-refractivity contribution in [2.45, 2.75) is 5.88 Å². The number of halogens is 4. The van der Waals surface area contributed by atoms with Crippen molar-refractivity contribution in [3.05, 3.63) is 57.5 Å². The molecule has 0 unspecified atom stereocenters. The molecule has 0 saturated carbocycles. The van der Waals surface area contributed by atoms with Gasteiger partial charge in [-0.1, -0.05) is 27.5 Å². The highest BCUT2D eigenvalue weighted by Gasteiger charge is 2.15. The van der Waals surface area contributed by atoms with Crippen LogP contribution in [0.15, 0.2) is 40.9 Å². The van der Waals surface area contributed by atoms with Crippen LogP contribution in [0.1, 0.15) is 5.82 Å². The fourth-order valence-electron chi connectivity index (χ4n) is 2.12. The number of imidazole rings is 1. The Balaban J connectivity index is 2.34. The molecule has 1 heterocycles. The van der Waals surface area contributed by atoms with E-state index >= 15 is 0 Å². The van der Waals surface area contributed by atoms with Gasteiger partial charge in [0.15, 0.2) is 0 Å². The van der Waals surface area contributed by atoms with Gasteiger partial charge in [-0.2, -0.15) is 0 Å². The number of rotatable bonds is 2. The van der Waals surface area contributed by atoms with Crippen molar-refractivity contribution in [3.8, 4) is 5.69 Å². The van der Waals surface area contributed by atoms with E-state index in [1.54, 1.807) is 28.8 Å². The van der Waals surface area contributed by atoms with Crippen LogP contribution >= 0.6 is 39.1 Å². The largest absolute Gasteiger partial charge is 0.292 e. The van der Waals surface area contributed by atoms with E-state index in [1.807, 2.05) is 6.07 Å². The number of nitrogens with zero attached hydrogens (tertiary/aromatic N) is 2. The maximum Gasteiger partial charge on any atom is 0.148 e. The lowest BCUT2D eigenvalue weighted by molar-refractivity contribution is 0.617. The zero-order chi connectivity index (χ0) is 14.3. The highest BCUT2D eigenvalue weighted by atomic mass is 79.9. The minimum atomic E-state index is -0.347. The molecule has 3 rings (SSSR count). The molecule has 1 aromatic heterocycles. The number of alkyl halides is 1. The SMILES string of the molecule is Fc1cc(Br)ccc1-n1c(CCl)nc2cc(Cl)ccc21. The summed E-state index contributed by atoms with van der Waals surface area (Å²) in [7, 11) is 0. The Kier molecular flexibility index (Phi) is 3.71. The first-order chi connectivity index (χ1) is 9.60. The lowest BCUT2D eigenvalue weighted by Gasteiger charge is -2.09. The monoisotopic (exact) mass is 372 g/mol. The summed E-state index contributed by atoms with van der Waals surface area (Å²) in [4.78, 5) is 4.40. The smallest absolute Gasteiger partial charge is 0.148 e. The average Bonchev–Trinajstić information content (AvgIpc) is 2.76. The molecule has 0 aliphatic rings. The van der Waals surface area contributed by atoms with Crippen LogP contribution in [-0.2, 0) is 5.88 Å². The second kappa shape index (κ2) is 5.35. The summed E-state index contributed by atoms with van der Waals surface area (Å²) < 4.78 is 16.6. The number of aromatic nitrogens is 2. The summed E-state index contributed by atoms with van der Waals surface area (Å²) in [5, 5.41) is 0.583. The normalized spacial score (nSPS) is 11.2. The Morgan fingerprint density at radius 1 is 1.20 bits per heavy atom. The fraction of sp³-hybridized carbons (Fsp3) is 0.0714. The van der Waals surface area contributed by atoms with E-state index in [0.29, 0.717) is 26.5 Å². The molecular weight excluding hydrogens is 366 g/mol. The third-order valence-corrected chi connectivity index (χ3v) is 3.92. The Labute approximate surface area is 133 Å². The molecule has 0 aliphatic carbocycles. The third kappa shape index (κ3) is 2.32. The van der Waals surface area contributed by atoms with Crippen LogP contribution in [0.3, 0.4) is 0 Å². The summed E-state index contributed by atoms with van der Waals surface area (Å²) in [5.74, 6) is 0.409. The summed E-state index contributed by atoms with van der Waals surface area (Å²) in [6.07, 6.45) is 0. The third-order valence-electron chi connectivity index (χ3n) is 2.96. The Morgan fingerprint density at radius 2 is 2.00 bits per heavy atom. The van der Waals surface area contributed by atoms with Gasteiger partial charge in [-0.15, -0.1) is 11.6 Å². The molecular formula is C14H8BrCl2FN2. The van der Waals surface area contributed by atoms with Crippen molar-refractivity contribution in [2.24, 2.45) is 0 Å². The van der Waals surface area contributed by atoms with E-state index < -0.39 is 0 Å². The van der Waals surface area contributed by atoms with E-state index in [1.165, 1.54) is 6.07 Å². The number of hydrogen-bond acceptors (Lipinski definition) is 1. The quantitative estimate of drug-likeness (QED) is 0.556. The molecule has 20 heavy (non-hydrogen) atoms. The highest BCUT2D eigenvalue weighted by Crippen LogP contribution is 2.27. The molecule has 0 aliphatic heterocycles. The predicted octanol–water partition coefficient (Wildman–Crippen LogP) is 5.32. The van der Waals surface area contributed by atoms with Crippen LogP contribution < -0.4 is 0 Å². The van der Waals surface area contributed by atoms with Gasteiger partial charge in [0.1, 0.15) is 11.6 Å². The van der Waals surface area contributed by atoms with Crippen molar-refractivity contribution in [2.75, 3.05) is 0 Å². The van der Waals surface area contributed by atoms with Crippen LogP contribution in [0.4, 0.5) is 4.39 Å². The highest BCUT2D eigenvalue weighted by molar-refractivity contribution is 9.10. The average molecular weight is 374 g/mol. The zero-order valence-corrected chi connectivity index (χ0v) is 13.2. The lowest BCUT2D eigenvalue weighted by Crippen LogP contribution is -2.02. The molecule has 0 amide bonds. The molecule has 3 aromatic rings. The van der Waals surface area contributed by atoms with E-state index in [0.717, 1.165) is 5.52 Å². The zero-order valence-electron chi connectivity index (χ0n) is 10.1. The Hall–Kier alpha value is -1.10. The molecule has 102 valence electrons. The van der Waals surface area contributed by atoms with Crippen LogP contribution in [0.25, 0.3) is 16.7 Å². The van der Waals surface area contributed by atoms with Crippen LogP contribution in [-0.4, -0.2) is 9.55 Å². The first-order valence-corrected chi connectivity index (χ1v) is 7.49. The van der Waals surface area contributed by atoms with Gasteiger partial charge in [0.05, 0.1) is 22.6 Å². The summed E-state index contributed by atoms with van der Waals surface area (Å²) in [6, 6.07) is 10.2. The second-order valence-corrected chi connectivity index (χ2v) is 5.85. The van der Waals surface area contributed by atoms with Crippen LogP contribution in [0, 0.1) is 5.82 Å². The second-order valence-electron chi connectivity index (χ2n) is 4.23. The van der Waals surface area contributed by atoms with Crippen LogP contribution in [0.2, 0.25) is 5.02 Å². The van der Waals surface area contributed by atoms with E-state index in [-0.39, 0.29) is 11.7 Å². The minimum absolute atomic E-state index is 0.182. The standard InChI is InChI=1S/C14H8BrCl2FN2/c15-8-1-3-12(10(18)5-8)20-13-4-2-9(17)6-11(13)19-14(20)7-16/h1-6H,7H2. The van der Waals surface area contributed by atoms with E-state index in [4.69, 9.17) is 23.2 Å². The summed E-state index contributed by atoms with van der Waals surface area (Å²) in [5.41, 5.74) is 1.87. The molecule has 0 fully saturated rings. The molecule has 0 N–H and O–H groups in total. The molecule has 2 aromatic carbocycles. The van der Waals surface area contributed by atoms with Gasteiger partial charge >= 0.3 is 0 Å². The summed E-state index contributed by atoms with van der Waals surface area (Å²) in [6.45, 7) is 0. The van der Waals surface area contributed by atoms with Gasteiger partial charge < -0.3 is 0 Å². The maximum absolute atomic E-state index is 14.2. The van der Waals surface area contributed by atoms with Gasteiger partial charge in [-0.3, -0.25) is 4.57 Å². The molecule has 0 spiro atoms. The number of benzene rings is 2. The topological polar surface area (TPSA) is 17.8 Å². The first kappa shape index (κ1) is 13.9. The predicted molar refractivity (Wildman–Crippen MR) is 83.3 cm³/mol. The molecule has 0 saturated heterocycles. The van der Waals surface area contributed by atoms with Crippen molar-refractivity contribution >= 4 is 50.2 Å². The van der Waals surface area contributed by atoms with Crippen molar-refractivity contribution < 1.29 is 4.39 Å². The summed E-state index contributed by atoms with van der Waals surface area (Å²) >= 11 is 15.1. The van der Waals surface area contributed by atoms with Gasteiger partial charge in [-0.05, 0) is 36.4 Å². The number of fused-ring (bicyclic) bond motifs is 1. The van der Waals surface area contributed by atoms with Crippen molar-refractivity contribution in [1.29, 1.82) is 0 Å². The van der Waals surface area contributed by atoms with Gasteiger partial charge in [0.25, 0.3) is 0 Å². The van der Waals surface area contributed by atoms with Crippen molar-refractivity contribution in [1.82, 2.24) is 9.55 Å². The lowest BCUT2D eigenvalue weighted by atomic mass is 10.2. The van der Waals surface area contributed by atoms with Gasteiger partial charge in [0.2, 0.25) is 0 Å². The van der Waals surface area contributed by atoms with E-state index in [9.17, 15) is 4.39 Å². The van der Waals surface area contributed by atoms with Gasteiger partial charge in [0, 0.05) is 9.50 Å². The molecule has 0 bridgehead atoms. The molecule has 6 heteroatoms. The Bertz CT molecular complexity index is 801. The fourth-order valence-corrected chi connectivity index (χ4v) is 2.80. The van der Waals surface area contributed by atoms with Gasteiger partial charge in [-0.25, -0.2) is 9.37 Å². The minimum Gasteiger partial charge on any atom is -0.292 e. The van der Waals surface area contributed by atoms with Crippen molar-refractivity contribution in [3.63, 3.8) is 0 Å². The molecule has 0 radical (unpaired) electrons. The molecule has 2 nitrogen and oxygen atoms in total. The number of hydrogen-bond donors (Lipinski definition) is 0. The van der Waals surface area contributed by atoms with Crippen LogP contribution in [0.5, 0.6) is 0 Å². The first-order valence-electron chi connectivity index (χ1n) is 5.78. The molecule has 0 atom stereocenters. The Morgan fingerprint density at radius 3 is 2.70 bits per heavy atom. The maximum atomic E-state index is 14.2.